The van der Waals surface area contributed by atoms with E-state index >= 15 is 0 Å². The van der Waals surface area contributed by atoms with Crippen LogP contribution < -0.4 is 0 Å². The monoisotopic (exact) mass is 199 g/mol. The molecule has 5 heteroatoms. The van der Waals surface area contributed by atoms with E-state index < -0.39 is 0 Å². The molecular weight excluding hydrogens is 194 g/mol. The second kappa shape index (κ2) is 4.26. The Morgan fingerprint density at radius 3 is 2.92 bits per heavy atom. The Morgan fingerprint density at radius 1 is 1.58 bits per heavy atom. The van der Waals surface area contributed by atoms with Crippen molar-refractivity contribution >= 4 is 29.1 Å². The number of hydrogen-bond donors (Lipinski definition) is 0. The highest BCUT2D eigenvalue weighted by molar-refractivity contribution is 7.98. The van der Waals surface area contributed by atoms with Gasteiger partial charge < -0.3 is 0 Å². The van der Waals surface area contributed by atoms with E-state index in [-0.39, 0.29) is 0 Å². The lowest BCUT2D eigenvalue weighted by atomic mass is 10.3. The van der Waals surface area contributed by atoms with E-state index in [9.17, 15) is 0 Å². The zero-order valence-corrected chi connectivity index (χ0v) is 7.93. The molecule has 0 saturated heterocycles. The Kier molecular flexibility index (Phi) is 3.29. The molecule has 0 heterocycles. The van der Waals surface area contributed by atoms with Gasteiger partial charge in [0.05, 0.1) is 5.69 Å². The summed E-state index contributed by atoms with van der Waals surface area (Å²) in [5.41, 5.74) is 8.82. The van der Waals surface area contributed by atoms with Crippen LogP contribution in [0.25, 0.3) is 10.4 Å². The molecule has 12 heavy (non-hydrogen) atoms. The Morgan fingerprint density at radius 2 is 2.33 bits per heavy atom. The van der Waals surface area contributed by atoms with Crippen LogP contribution in [-0.2, 0) is 0 Å². The van der Waals surface area contributed by atoms with Crippen molar-refractivity contribution in [3.8, 4) is 0 Å². The van der Waals surface area contributed by atoms with Crippen LogP contribution in [0.5, 0.6) is 0 Å². The lowest BCUT2D eigenvalue weighted by molar-refractivity contribution is 1.35. The molecule has 1 rings (SSSR count). The van der Waals surface area contributed by atoms with Crippen molar-refractivity contribution in [2.75, 3.05) is 6.26 Å². The third-order valence-corrected chi connectivity index (χ3v) is 2.31. The molecule has 0 radical (unpaired) electrons. The first kappa shape index (κ1) is 9.26. The average Bonchev–Trinajstić information content (AvgIpc) is 2.05. The second-order valence-corrected chi connectivity index (χ2v) is 3.29. The molecule has 1 aromatic rings. The number of benzene rings is 1. The van der Waals surface area contributed by atoms with Crippen molar-refractivity contribution in [2.24, 2.45) is 5.11 Å². The molecule has 0 fully saturated rings. The van der Waals surface area contributed by atoms with Crippen molar-refractivity contribution in [1.82, 2.24) is 0 Å². The minimum Gasteiger partial charge on any atom is -0.129 e. The number of hydrogen-bond acceptors (Lipinski definition) is 2. The Balaban J connectivity index is 3.20. The van der Waals surface area contributed by atoms with Gasteiger partial charge in [0.2, 0.25) is 0 Å². The third kappa shape index (κ3) is 2.08. The van der Waals surface area contributed by atoms with E-state index in [2.05, 4.69) is 10.0 Å². The topological polar surface area (TPSA) is 48.8 Å². The van der Waals surface area contributed by atoms with E-state index in [4.69, 9.17) is 17.1 Å². The minimum absolute atomic E-state index is 0.579. The molecule has 0 bridgehead atoms. The smallest absolute Gasteiger partial charge is 0.0525 e. The molecule has 0 aromatic heterocycles. The van der Waals surface area contributed by atoms with Gasteiger partial charge in [-0.1, -0.05) is 16.7 Å². The number of nitrogens with zero attached hydrogens (tertiary/aromatic N) is 3. The third-order valence-electron chi connectivity index (χ3n) is 1.29. The van der Waals surface area contributed by atoms with Crippen LogP contribution in [-0.4, -0.2) is 6.26 Å². The first-order valence-electron chi connectivity index (χ1n) is 3.16. The zero-order valence-electron chi connectivity index (χ0n) is 6.36. The maximum Gasteiger partial charge on any atom is 0.0525 e. The lowest BCUT2D eigenvalue weighted by Gasteiger charge is -2.00. The van der Waals surface area contributed by atoms with Crippen molar-refractivity contribution in [3.05, 3.63) is 33.7 Å². The summed E-state index contributed by atoms with van der Waals surface area (Å²) in [6.07, 6.45) is 1.92. The van der Waals surface area contributed by atoms with Crippen LogP contribution in [0.4, 0.5) is 5.69 Å². The first-order chi connectivity index (χ1) is 5.77. The van der Waals surface area contributed by atoms with Crippen LogP contribution in [0.1, 0.15) is 0 Å². The fraction of sp³-hybridized carbons (Fsp3) is 0.143. The van der Waals surface area contributed by atoms with Crippen LogP contribution in [0.3, 0.4) is 0 Å². The van der Waals surface area contributed by atoms with Gasteiger partial charge in [-0.25, -0.2) is 0 Å². The van der Waals surface area contributed by atoms with E-state index in [0.29, 0.717) is 10.7 Å². The molecule has 62 valence electrons. The van der Waals surface area contributed by atoms with Crippen LogP contribution in [0, 0.1) is 0 Å². The summed E-state index contributed by atoms with van der Waals surface area (Å²) in [6.45, 7) is 0. The maximum atomic E-state index is 8.24. The van der Waals surface area contributed by atoms with Gasteiger partial charge in [0, 0.05) is 14.8 Å². The second-order valence-electron chi connectivity index (χ2n) is 2.01. The molecule has 0 spiro atoms. The highest BCUT2D eigenvalue weighted by Gasteiger charge is 1.98. The minimum atomic E-state index is 0.579. The highest BCUT2D eigenvalue weighted by Crippen LogP contribution is 2.30. The summed E-state index contributed by atoms with van der Waals surface area (Å²) >= 11 is 7.24. The summed E-state index contributed by atoms with van der Waals surface area (Å²) < 4.78 is 0. The predicted molar refractivity (Wildman–Crippen MR) is 52.0 cm³/mol. The molecule has 0 amide bonds. The Labute approximate surface area is 79.4 Å². The summed E-state index contributed by atoms with van der Waals surface area (Å²) in [6, 6.07) is 5.24. The molecule has 0 saturated carbocycles. The number of azide groups is 1. The van der Waals surface area contributed by atoms with Gasteiger partial charge in [0.25, 0.3) is 0 Å². The molecule has 0 atom stereocenters. The predicted octanol–water partition coefficient (Wildman–Crippen LogP) is 4.00. The van der Waals surface area contributed by atoms with Gasteiger partial charge in [-0.05, 0) is 30.0 Å². The average molecular weight is 200 g/mol. The quantitative estimate of drug-likeness (QED) is 0.307. The van der Waals surface area contributed by atoms with Crippen molar-refractivity contribution in [1.29, 1.82) is 0 Å². The summed E-state index contributed by atoms with van der Waals surface area (Å²) in [7, 11) is 0. The maximum absolute atomic E-state index is 8.24. The van der Waals surface area contributed by atoms with Crippen LogP contribution in [0.2, 0.25) is 5.02 Å². The Bertz CT molecular complexity index is 333. The van der Waals surface area contributed by atoms with Crippen molar-refractivity contribution < 1.29 is 0 Å². The fourth-order valence-corrected chi connectivity index (χ4v) is 1.47. The molecule has 0 aliphatic heterocycles. The zero-order chi connectivity index (χ0) is 8.97. The van der Waals surface area contributed by atoms with Crippen molar-refractivity contribution in [2.45, 2.75) is 4.90 Å². The number of rotatable bonds is 2. The number of halogens is 1. The molecule has 0 N–H and O–H groups in total. The number of thioether (sulfide) groups is 1. The summed E-state index contributed by atoms with van der Waals surface area (Å²) in [5, 5.41) is 4.09. The first-order valence-corrected chi connectivity index (χ1v) is 4.77. The van der Waals surface area contributed by atoms with Gasteiger partial charge in [-0.2, -0.15) is 0 Å². The molecule has 1 aromatic carbocycles. The molecule has 3 nitrogen and oxygen atoms in total. The van der Waals surface area contributed by atoms with Gasteiger partial charge >= 0.3 is 0 Å². The van der Waals surface area contributed by atoms with Gasteiger partial charge in [-0.3, -0.25) is 0 Å². The van der Waals surface area contributed by atoms with Crippen LogP contribution in [0.15, 0.2) is 28.2 Å². The molecule has 0 aliphatic carbocycles. The molecular formula is C7H6ClN3S. The van der Waals surface area contributed by atoms with Gasteiger partial charge in [0.15, 0.2) is 0 Å². The van der Waals surface area contributed by atoms with Gasteiger partial charge in [0.1, 0.15) is 0 Å². The fourth-order valence-electron chi connectivity index (χ4n) is 0.789. The van der Waals surface area contributed by atoms with E-state index in [1.807, 2.05) is 12.3 Å². The lowest BCUT2D eigenvalue weighted by Crippen LogP contribution is -1.71. The molecule has 0 unspecified atom stereocenters. The van der Waals surface area contributed by atoms with Gasteiger partial charge in [-0.15, -0.1) is 11.8 Å². The SMILES string of the molecule is CSc1ccc(Cl)cc1N=[N+]=[N-]. The summed E-state index contributed by atoms with van der Waals surface area (Å²) in [5.74, 6) is 0. The van der Waals surface area contributed by atoms with Crippen LogP contribution >= 0.6 is 23.4 Å². The normalized spacial score (nSPS) is 9.17. The highest BCUT2D eigenvalue weighted by atomic mass is 35.5. The standard InChI is InChI=1S/C7H6ClN3S/c1-12-7-3-2-5(8)4-6(7)10-11-9/h2-4H,1H3. The van der Waals surface area contributed by atoms with E-state index in [1.165, 1.54) is 11.8 Å². The van der Waals surface area contributed by atoms with E-state index in [0.717, 1.165) is 4.90 Å². The summed E-state index contributed by atoms with van der Waals surface area (Å²) in [4.78, 5) is 3.64. The molecule has 0 aliphatic rings. The largest absolute Gasteiger partial charge is 0.129 e. The van der Waals surface area contributed by atoms with E-state index in [1.54, 1.807) is 12.1 Å². The Hall–Kier alpha value is -0.830. The van der Waals surface area contributed by atoms with Crippen molar-refractivity contribution in [3.63, 3.8) is 0 Å².